The summed E-state index contributed by atoms with van der Waals surface area (Å²) >= 11 is 1.47. The van der Waals surface area contributed by atoms with Crippen LogP contribution < -0.4 is 10.5 Å². The van der Waals surface area contributed by atoms with Crippen molar-refractivity contribution in [3.8, 4) is 5.75 Å². The van der Waals surface area contributed by atoms with Crippen molar-refractivity contribution >= 4 is 16.9 Å². The van der Waals surface area contributed by atoms with E-state index in [1.165, 1.54) is 30.7 Å². The predicted octanol–water partition coefficient (Wildman–Crippen LogP) is 3.20. The number of rotatable bonds is 5. The highest BCUT2D eigenvalue weighted by Crippen LogP contribution is 2.21. The molecule has 0 atom stereocenters. The number of hydrogen-bond acceptors (Lipinski definition) is 3. The molecule has 0 unspecified atom stereocenters. The van der Waals surface area contributed by atoms with E-state index in [1.54, 1.807) is 18.2 Å². The van der Waals surface area contributed by atoms with Crippen LogP contribution in [0.25, 0.3) is 0 Å². The highest BCUT2D eigenvalue weighted by atomic mass is 32.2. The van der Waals surface area contributed by atoms with Crippen molar-refractivity contribution in [2.45, 2.75) is 31.7 Å². The van der Waals surface area contributed by atoms with Crippen LogP contribution >= 0.6 is 11.8 Å². The highest BCUT2D eigenvalue weighted by Gasteiger charge is 2.13. The Bertz CT molecular complexity index is 433. The molecule has 1 aromatic carbocycles. The Kier molecular flexibility index (Phi) is 5.51. The minimum Gasteiger partial charge on any atom is -0.490 e. The highest BCUT2D eigenvalue weighted by molar-refractivity contribution is 8.13. The van der Waals surface area contributed by atoms with Crippen LogP contribution in [0.15, 0.2) is 29.3 Å². The summed E-state index contributed by atoms with van der Waals surface area (Å²) in [6.07, 6.45) is 4.80. The van der Waals surface area contributed by atoms with Crippen molar-refractivity contribution in [1.82, 2.24) is 0 Å². The first-order valence-electron chi connectivity index (χ1n) is 6.59. The maximum atomic E-state index is 13.3. The van der Waals surface area contributed by atoms with Gasteiger partial charge in [-0.3, -0.25) is 4.99 Å². The smallest absolute Gasteiger partial charge is 0.165 e. The first-order valence-corrected chi connectivity index (χ1v) is 7.57. The minimum atomic E-state index is -0.333. The quantitative estimate of drug-likeness (QED) is 0.512. The first-order chi connectivity index (χ1) is 9.25. The maximum Gasteiger partial charge on any atom is 0.165 e. The van der Waals surface area contributed by atoms with Gasteiger partial charge in [-0.05, 0) is 25.0 Å². The van der Waals surface area contributed by atoms with E-state index >= 15 is 0 Å². The van der Waals surface area contributed by atoms with Crippen LogP contribution in [0.1, 0.15) is 25.7 Å². The van der Waals surface area contributed by atoms with Gasteiger partial charge in [-0.25, -0.2) is 4.39 Å². The second-order valence-electron chi connectivity index (χ2n) is 4.53. The summed E-state index contributed by atoms with van der Waals surface area (Å²) in [6.45, 7) is 0.423. The summed E-state index contributed by atoms with van der Waals surface area (Å²) in [6, 6.07) is 6.80. The monoisotopic (exact) mass is 282 g/mol. The van der Waals surface area contributed by atoms with Gasteiger partial charge in [0.15, 0.2) is 16.7 Å². The molecule has 3 nitrogen and oxygen atoms in total. The molecule has 0 amide bonds. The van der Waals surface area contributed by atoms with Crippen molar-refractivity contribution in [1.29, 1.82) is 0 Å². The summed E-state index contributed by atoms with van der Waals surface area (Å²) in [5.41, 5.74) is 5.85. The van der Waals surface area contributed by atoms with Crippen LogP contribution in [-0.4, -0.2) is 23.6 Å². The Morgan fingerprint density at radius 3 is 2.84 bits per heavy atom. The largest absolute Gasteiger partial charge is 0.490 e. The fraction of sp³-hybridized carbons (Fsp3) is 0.500. The average Bonchev–Trinajstić information content (AvgIpc) is 2.89. The molecule has 0 heterocycles. The minimum absolute atomic E-state index is 0.286. The number of ether oxygens (including phenoxy) is 1. The third-order valence-corrected chi connectivity index (χ3v) is 3.83. The van der Waals surface area contributed by atoms with Gasteiger partial charge in [0.1, 0.15) is 0 Å². The molecule has 104 valence electrons. The van der Waals surface area contributed by atoms with Gasteiger partial charge in [0.2, 0.25) is 0 Å². The number of nitrogens with two attached hydrogens (primary N) is 1. The van der Waals surface area contributed by atoms with Gasteiger partial charge in [-0.1, -0.05) is 36.7 Å². The van der Waals surface area contributed by atoms with Gasteiger partial charge in [0.25, 0.3) is 0 Å². The number of thioether (sulfide) groups is 1. The Morgan fingerprint density at radius 2 is 2.11 bits per heavy atom. The summed E-state index contributed by atoms with van der Waals surface area (Å²) in [4.78, 5) is 4.47. The lowest BCUT2D eigenvalue weighted by Crippen LogP contribution is -2.14. The topological polar surface area (TPSA) is 47.6 Å². The molecule has 0 aliphatic heterocycles. The zero-order chi connectivity index (χ0) is 13.5. The number of aliphatic imine (C=N–C) groups is 1. The number of amidine groups is 1. The summed E-state index contributed by atoms with van der Waals surface area (Å²) in [7, 11) is 0. The third-order valence-electron chi connectivity index (χ3n) is 3.06. The molecule has 1 aromatic rings. The molecular weight excluding hydrogens is 263 g/mol. The molecule has 5 heteroatoms. The Morgan fingerprint density at radius 1 is 1.37 bits per heavy atom. The van der Waals surface area contributed by atoms with Crippen LogP contribution in [0.3, 0.4) is 0 Å². The molecule has 2 rings (SSSR count). The standard InChI is InChI=1S/C14H19FN2OS/c15-12-7-3-4-8-13(12)18-9-10-19-14(16)17-11-5-1-2-6-11/h3-4,7-8,11H,1-2,5-6,9-10H2,(H2,16,17). The lowest BCUT2D eigenvalue weighted by molar-refractivity contribution is 0.325. The van der Waals surface area contributed by atoms with Crippen molar-refractivity contribution in [3.63, 3.8) is 0 Å². The molecule has 0 aromatic heterocycles. The van der Waals surface area contributed by atoms with E-state index in [9.17, 15) is 4.39 Å². The van der Waals surface area contributed by atoms with Crippen LogP contribution in [0, 0.1) is 5.82 Å². The summed E-state index contributed by atoms with van der Waals surface area (Å²) in [5.74, 6) is 0.630. The zero-order valence-corrected chi connectivity index (χ0v) is 11.7. The number of para-hydroxylation sites is 1. The lowest BCUT2D eigenvalue weighted by atomic mass is 10.3. The normalized spacial score (nSPS) is 16.8. The van der Waals surface area contributed by atoms with Crippen molar-refractivity contribution in [2.75, 3.05) is 12.4 Å². The number of hydrogen-bond donors (Lipinski definition) is 1. The number of halogens is 1. The number of nitrogens with zero attached hydrogens (tertiary/aromatic N) is 1. The average molecular weight is 282 g/mol. The molecule has 1 fully saturated rings. The summed E-state index contributed by atoms with van der Waals surface area (Å²) < 4.78 is 18.6. The van der Waals surface area contributed by atoms with E-state index in [-0.39, 0.29) is 11.6 Å². The molecule has 0 radical (unpaired) electrons. The molecule has 1 saturated carbocycles. The van der Waals surface area contributed by atoms with Crippen molar-refractivity contribution in [3.05, 3.63) is 30.1 Å². The maximum absolute atomic E-state index is 13.3. The third kappa shape index (κ3) is 4.74. The predicted molar refractivity (Wildman–Crippen MR) is 78.2 cm³/mol. The van der Waals surface area contributed by atoms with E-state index in [1.807, 2.05) is 0 Å². The van der Waals surface area contributed by atoms with Gasteiger partial charge < -0.3 is 10.5 Å². The first kappa shape index (κ1) is 14.2. The molecule has 19 heavy (non-hydrogen) atoms. The van der Waals surface area contributed by atoms with Crippen LogP contribution in [-0.2, 0) is 0 Å². The van der Waals surface area contributed by atoms with E-state index in [4.69, 9.17) is 10.5 Å². The van der Waals surface area contributed by atoms with Crippen LogP contribution in [0.4, 0.5) is 4.39 Å². The fourth-order valence-electron chi connectivity index (χ4n) is 2.11. The molecule has 0 spiro atoms. The van der Waals surface area contributed by atoms with Gasteiger partial charge in [0, 0.05) is 5.75 Å². The molecular formula is C14H19FN2OS. The number of benzene rings is 1. The van der Waals surface area contributed by atoms with Gasteiger partial charge in [0.05, 0.1) is 12.6 Å². The van der Waals surface area contributed by atoms with Gasteiger partial charge in [-0.15, -0.1) is 0 Å². The van der Waals surface area contributed by atoms with E-state index in [0.717, 1.165) is 12.8 Å². The van der Waals surface area contributed by atoms with Gasteiger partial charge >= 0.3 is 0 Å². The fourth-order valence-corrected chi connectivity index (χ4v) is 2.71. The second kappa shape index (κ2) is 7.38. The van der Waals surface area contributed by atoms with E-state index in [0.29, 0.717) is 23.6 Å². The second-order valence-corrected chi connectivity index (χ2v) is 5.65. The molecule has 1 aliphatic carbocycles. The van der Waals surface area contributed by atoms with Crippen LogP contribution in [0.5, 0.6) is 5.75 Å². The zero-order valence-electron chi connectivity index (χ0n) is 10.8. The Balaban J connectivity index is 1.67. The Labute approximate surface area is 117 Å². The SMILES string of the molecule is NC(=NC1CCCC1)SCCOc1ccccc1F. The molecule has 0 saturated heterocycles. The van der Waals surface area contributed by atoms with Crippen molar-refractivity contribution < 1.29 is 9.13 Å². The summed E-state index contributed by atoms with van der Waals surface area (Å²) in [5, 5.41) is 0.615. The molecule has 0 bridgehead atoms. The van der Waals surface area contributed by atoms with Gasteiger partial charge in [-0.2, -0.15) is 0 Å². The van der Waals surface area contributed by atoms with E-state index in [2.05, 4.69) is 4.99 Å². The van der Waals surface area contributed by atoms with Crippen molar-refractivity contribution in [2.24, 2.45) is 10.7 Å². The Hall–Kier alpha value is -1.23. The molecule has 2 N–H and O–H groups in total. The van der Waals surface area contributed by atoms with Crippen LogP contribution in [0.2, 0.25) is 0 Å². The van der Waals surface area contributed by atoms with E-state index < -0.39 is 0 Å². The lowest BCUT2D eigenvalue weighted by Gasteiger charge is -2.07. The molecule has 1 aliphatic rings.